The molecule has 30 heavy (non-hydrogen) atoms. The third kappa shape index (κ3) is 3.26. The fourth-order valence-corrected chi connectivity index (χ4v) is 14.7. The van der Waals surface area contributed by atoms with Gasteiger partial charge in [-0.3, -0.25) is 0 Å². The highest BCUT2D eigenvalue weighted by atomic mass is 28.3. The Hall–Kier alpha value is -1.86. The normalized spacial score (nSPS) is 28.7. The van der Waals surface area contributed by atoms with Crippen molar-refractivity contribution >= 4 is 18.4 Å². The Bertz CT molecular complexity index is 836. The smallest absolute Gasteiger partial charge is 0.0808 e. The third-order valence-corrected chi connectivity index (χ3v) is 14.8. The predicted octanol–water partition coefficient (Wildman–Crippen LogP) is 6.74. The molecule has 4 unspecified atom stereocenters. The maximum atomic E-state index is 2.60. The van der Waals surface area contributed by atoms with Crippen molar-refractivity contribution in [2.45, 2.75) is 63.0 Å². The summed E-state index contributed by atoms with van der Waals surface area (Å²) in [5.74, 6) is 2.33. The molecule has 0 N–H and O–H groups in total. The highest BCUT2D eigenvalue weighted by Gasteiger charge is 2.57. The number of benzene rings is 2. The molecule has 1 heteroatoms. The molecule has 0 radical (unpaired) electrons. The molecule has 0 nitrogen and oxygen atoms in total. The quantitative estimate of drug-likeness (QED) is 0.461. The molecule has 5 rings (SSSR count). The maximum absolute atomic E-state index is 2.60. The summed E-state index contributed by atoms with van der Waals surface area (Å²) < 4.78 is 0. The Balaban J connectivity index is 1.72. The molecule has 2 aromatic rings. The molecule has 0 aromatic heterocycles. The first-order valence-electron chi connectivity index (χ1n) is 12.3. The zero-order valence-corrected chi connectivity index (χ0v) is 19.4. The van der Waals surface area contributed by atoms with Crippen LogP contribution in [0, 0.1) is 17.8 Å². The highest BCUT2D eigenvalue weighted by molar-refractivity contribution is 7.04. The number of fused-ring (bicyclic) bond motifs is 1. The first kappa shape index (κ1) is 20.1. The van der Waals surface area contributed by atoms with Crippen LogP contribution in [0.1, 0.15) is 51.9 Å². The van der Waals surface area contributed by atoms with Gasteiger partial charge in [0, 0.05) is 0 Å². The zero-order valence-electron chi connectivity index (χ0n) is 18.4. The minimum Gasteiger partial charge on any atom is -0.0808 e. The van der Waals surface area contributed by atoms with Crippen LogP contribution in [0.4, 0.5) is 0 Å². The number of hydrogen-bond acceptors (Lipinski definition) is 0. The summed E-state index contributed by atoms with van der Waals surface area (Å²) >= 11 is 0. The van der Waals surface area contributed by atoms with Gasteiger partial charge in [-0.15, -0.1) is 0 Å². The fraction of sp³-hybridized carbons (Fsp3) is 0.448. The highest BCUT2D eigenvalue weighted by Crippen LogP contribution is 2.57. The molecule has 2 aromatic carbocycles. The van der Waals surface area contributed by atoms with Crippen molar-refractivity contribution in [2.24, 2.45) is 17.8 Å². The number of hydrogen-bond donors (Lipinski definition) is 0. The molecule has 156 valence electrons. The first-order chi connectivity index (χ1) is 14.9. The van der Waals surface area contributed by atoms with E-state index >= 15 is 0 Å². The van der Waals surface area contributed by atoms with Gasteiger partial charge >= 0.3 is 0 Å². The van der Waals surface area contributed by atoms with Crippen LogP contribution in [-0.4, -0.2) is 8.07 Å². The topological polar surface area (TPSA) is 0 Å². The molecule has 0 spiro atoms. The van der Waals surface area contributed by atoms with Gasteiger partial charge in [-0.05, 0) is 35.3 Å². The summed E-state index contributed by atoms with van der Waals surface area (Å²) in [6.07, 6.45) is 19.7. The van der Waals surface area contributed by atoms with Crippen LogP contribution >= 0.6 is 0 Å². The van der Waals surface area contributed by atoms with Crippen molar-refractivity contribution in [2.75, 3.05) is 0 Å². The van der Waals surface area contributed by atoms with Gasteiger partial charge in [-0.25, -0.2) is 0 Å². The van der Waals surface area contributed by atoms with Gasteiger partial charge in [0.15, 0.2) is 0 Å². The summed E-state index contributed by atoms with van der Waals surface area (Å²) in [5.41, 5.74) is 1.70. The standard InChI is InChI=1S/C29H36Si/c1-2-13-23-22-29(28-21-12-11-20-27(23)28)30(26-18-9-10-19-26,24-14-5-3-6-15-24)25-16-7-4-8-17-25/h3-8,11-12,14-17,20-21,23,26-29H,2,9-10,13,18-19,22H2,1H3. The largest absolute Gasteiger partial charge is 0.124 e. The van der Waals surface area contributed by atoms with Crippen LogP contribution in [0.15, 0.2) is 85.0 Å². The van der Waals surface area contributed by atoms with E-state index < -0.39 is 8.07 Å². The first-order valence-corrected chi connectivity index (χ1v) is 14.5. The molecule has 0 aliphatic heterocycles. The Kier molecular flexibility index (Phi) is 5.82. The van der Waals surface area contributed by atoms with E-state index in [0.717, 1.165) is 28.8 Å². The lowest BCUT2D eigenvalue weighted by Gasteiger charge is -2.46. The average molecular weight is 413 g/mol. The fourth-order valence-electron chi connectivity index (χ4n) is 7.50. The van der Waals surface area contributed by atoms with Gasteiger partial charge < -0.3 is 0 Å². The predicted molar refractivity (Wildman–Crippen MR) is 132 cm³/mol. The second-order valence-electron chi connectivity index (χ2n) is 9.90. The van der Waals surface area contributed by atoms with E-state index in [1.165, 1.54) is 44.9 Å². The molecule has 4 atom stereocenters. The lowest BCUT2D eigenvalue weighted by molar-refractivity contribution is 0.390. The minimum absolute atomic E-state index is 0.722. The van der Waals surface area contributed by atoms with E-state index in [9.17, 15) is 0 Å². The van der Waals surface area contributed by atoms with Crippen molar-refractivity contribution in [1.82, 2.24) is 0 Å². The maximum Gasteiger partial charge on any atom is 0.124 e. The van der Waals surface area contributed by atoms with E-state index in [2.05, 4.69) is 91.9 Å². The molecular weight excluding hydrogens is 376 g/mol. The third-order valence-electron chi connectivity index (χ3n) is 8.53. The van der Waals surface area contributed by atoms with E-state index in [1.807, 2.05) is 0 Å². The SMILES string of the molecule is CCCC1CC([Si](c2ccccc2)(c2ccccc2)C2CCCC2)C2C=CC=CC12. The summed E-state index contributed by atoms with van der Waals surface area (Å²) in [7, 11) is -1.95. The van der Waals surface area contributed by atoms with Crippen LogP contribution in [0.5, 0.6) is 0 Å². The van der Waals surface area contributed by atoms with Crippen molar-refractivity contribution in [3.63, 3.8) is 0 Å². The van der Waals surface area contributed by atoms with Crippen molar-refractivity contribution < 1.29 is 0 Å². The monoisotopic (exact) mass is 412 g/mol. The van der Waals surface area contributed by atoms with Gasteiger partial charge in [0.25, 0.3) is 0 Å². The molecule has 0 bridgehead atoms. The Morgan fingerprint density at radius 3 is 1.90 bits per heavy atom. The molecule has 0 amide bonds. The molecule has 3 aliphatic carbocycles. The molecule has 2 saturated carbocycles. The van der Waals surface area contributed by atoms with Crippen LogP contribution in [0.2, 0.25) is 11.1 Å². The zero-order chi connectivity index (χ0) is 20.4. The molecule has 3 aliphatic rings. The lowest BCUT2D eigenvalue weighted by atomic mass is 9.84. The Morgan fingerprint density at radius 1 is 0.767 bits per heavy atom. The van der Waals surface area contributed by atoms with Crippen molar-refractivity contribution in [3.05, 3.63) is 85.0 Å². The van der Waals surface area contributed by atoms with Gasteiger partial charge in [0.1, 0.15) is 8.07 Å². The van der Waals surface area contributed by atoms with E-state index in [0.29, 0.717) is 0 Å². The number of rotatable bonds is 6. The van der Waals surface area contributed by atoms with Crippen LogP contribution in [0.3, 0.4) is 0 Å². The molecule has 0 heterocycles. The van der Waals surface area contributed by atoms with Crippen molar-refractivity contribution in [3.8, 4) is 0 Å². The van der Waals surface area contributed by atoms with E-state index in [1.54, 1.807) is 10.4 Å². The molecule has 2 fully saturated rings. The van der Waals surface area contributed by atoms with Crippen LogP contribution < -0.4 is 10.4 Å². The van der Waals surface area contributed by atoms with Gasteiger partial charge in [-0.2, -0.15) is 0 Å². The van der Waals surface area contributed by atoms with Gasteiger partial charge in [0.2, 0.25) is 0 Å². The van der Waals surface area contributed by atoms with Gasteiger partial charge in [0.05, 0.1) is 0 Å². The summed E-state index contributed by atoms with van der Waals surface area (Å²) in [6, 6.07) is 23.7. The van der Waals surface area contributed by atoms with Gasteiger partial charge in [-0.1, -0.05) is 141 Å². The second kappa shape index (κ2) is 8.71. The van der Waals surface area contributed by atoms with Crippen molar-refractivity contribution in [1.29, 1.82) is 0 Å². The second-order valence-corrected chi connectivity index (χ2v) is 14.3. The molecular formula is C29H36Si. The van der Waals surface area contributed by atoms with E-state index in [4.69, 9.17) is 0 Å². The van der Waals surface area contributed by atoms with Crippen LogP contribution in [-0.2, 0) is 0 Å². The Labute approximate surface area is 184 Å². The summed E-state index contributed by atoms with van der Waals surface area (Å²) in [4.78, 5) is 0. The number of allylic oxidation sites excluding steroid dienone is 4. The average Bonchev–Trinajstić information content (AvgIpc) is 3.46. The summed E-state index contributed by atoms with van der Waals surface area (Å²) in [5, 5.41) is 3.40. The molecule has 0 saturated heterocycles. The lowest BCUT2D eigenvalue weighted by Crippen LogP contribution is -2.65. The summed E-state index contributed by atoms with van der Waals surface area (Å²) in [6.45, 7) is 2.38. The van der Waals surface area contributed by atoms with E-state index in [-0.39, 0.29) is 0 Å². The Morgan fingerprint density at radius 2 is 1.33 bits per heavy atom. The van der Waals surface area contributed by atoms with Crippen LogP contribution in [0.25, 0.3) is 0 Å². The minimum atomic E-state index is -1.95.